The average Bonchev–Trinajstić information content (AvgIpc) is 3.16. The Bertz CT molecular complexity index is 1300. The second kappa shape index (κ2) is 21.4. The van der Waals surface area contributed by atoms with Crippen LogP contribution in [0.4, 0.5) is 0 Å². The van der Waals surface area contributed by atoms with Gasteiger partial charge in [-0.15, -0.1) is 0 Å². The monoisotopic (exact) mass is 806 g/mol. The van der Waals surface area contributed by atoms with Gasteiger partial charge >= 0.3 is 0 Å². The van der Waals surface area contributed by atoms with Crippen molar-refractivity contribution in [3.8, 4) is 0 Å². The topological polar surface area (TPSA) is 183 Å². The molecule has 1 aliphatic carbocycles. The van der Waals surface area contributed by atoms with Crippen molar-refractivity contribution in [1.29, 1.82) is 0 Å². The molecule has 2 aliphatic heterocycles. The summed E-state index contributed by atoms with van der Waals surface area (Å²) in [6.45, 7) is 6.01. The molecule has 3 rings (SSSR count). The fraction of sp³-hybridized carbons (Fsp3) is 0.892. The zero-order valence-corrected chi connectivity index (χ0v) is 35.7. The lowest BCUT2D eigenvalue weighted by atomic mass is 9.81. The van der Waals surface area contributed by atoms with E-state index in [0.29, 0.717) is 0 Å². The first-order valence-corrected chi connectivity index (χ1v) is 18.7. The van der Waals surface area contributed by atoms with Gasteiger partial charge in [0.15, 0.2) is 12.6 Å². The number of likely N-dealkylation sites (N-methyl/N-ethyl adjacent to an activating group) is 4. The number of hydrogen-bond donors (Lipinski definition) is 0. The molecular weight excluding hydrogens is 740 g/mol. The minimum Gasteiger partial charge on any atom is -0.382 e. The van der Waals surface area contributed by atoms with Crippen LogP contribution in [0.2, 0.25) is 0 Å². The Morgan fingerprint density at radius 1 is 0.500 bits per heavy atom. The van der Waals surface area contributed by atoms with E-state index in [2.05, 4.69) is 0 Å². The van der Waals surface area contributed by atoms with E-state index in [0.717, 1.165) is 0 Å². The zero-order valence-electron chi connectivity index (χ0n) is 35.7. The van der Waals surface area contributed by atoms with E-state index in [1.165, 1.54) is 97.1 Å². The van der Waals surface area contributed by atoms with Gasteiger partial charge in [-0.1, -0.05) is 0 Å². The fourth-order valence-electron chi connectivity index (χ4n) is 8.11. The number of carbonyl (C=O) groups is 4. The van der Waals surface area contributed by atoms with Crippen LogP contribution in [0.25, 0.3) is 0 Å². The summed E-state index contributed by atoms with van der Waals surface area (Å²) < 4.78 is 68.3. The van der Waals surface area contributed by atoms with E-state index >= 15 is 0 Å². The molecule has 0 radical (unpaired) electrons. The van der Waals surface area contributed by atoms with Crippen molar-refractivity contribution in [1.82, 2.24) is 19.6 Å². The van der Waals surface area contributed by atoms with E-state index in [4.69, 9.17) is 52.1 Å². The van der Waals surface area contributed by atoms with Gasteiger partial charge in [-0.3, -0.25) is 19.2 Å². The van der Waals surface area contributed by atoms with Crippen LogP contribution in [0, 0.1) is 0 Å². The summed E-state index contributed by atoms with van der Waals surface area (Å²) in [5.74, 6) is -0.941. The highest BCUT2D eigenvalue weighted by molar-refractivity contribution is 5.74. The predicted molar refractivity (Wildman–Crippen MR) is 198 cm³/mol. The zero-order chi connectivity index (χ0) is 42.2. The van der Waals surface area contributed by atoms with E-state index in [-0.39, 0.29) is 43.2 Å². The summed E-state index contributed by atoms with van der Waals surface area (Å²) in [6, 6.07) is -2.06. The molecule has 2 saturated heterocycles. The van der Waals surface area contributed by atoms with Gasteiger partial charge in [-0.05, 0) is 6.42 Å². The molecule has 0 unspecified atom stereocenters. The highest BCUT2D eigenvalue weighted by Gasteiger charge is 2.57. The molecule has 324 valence electrons. The van der Waals surface area contributed by atoms with Gasteiger partial charge in [0, 0.05) is 112 Å². The van der Waals surface area contributed by atoms with Crippen LogP contribution in [0.5, 0.6) is 0 Å². The molecule has 4 amide bonds. The van der Waals surface area contributed by atoms with Crippen molar-refractivity contribution >= 4 is 23.6 Å². The smallest absolute Gasteiger partial charge is 0.219 e. The van der Waals surface area contributed by atoms with Gasteiger partial charge in [-0.2, -0.15) is 0 Å². The summed E-state index contributed by atoms with van der Waals surface area (Å²) in [7, 11) is 17.1. The third-order valence-electron chi connectivity index (χ3n) is 11.6. The Hall–Kier alpha value is -2.56. The summed E-state index contributed by atoms with van der Waals surface area (Å²) >= 11 is 0. The molecule has 1 saturated carbocycles. The van der Waals surface area contributed by atoms with Crippen molar-refractivity contribution < 1.29 is 71.3 Å². The molecule has 0 aromatic heterocycles. The Labute approximate surface area is 331 Å². The molecule has 2 heterocycles. The second-order valence-corrected chi connectivity index (χ2v) is 14.6. The number of nitrogens with zero attached hydrogens (tertiary/aromatic N) is 4. The normalized spacial score (nSPS) is 36.1. The van der Waals surface area contributed by atoms with Gasteiger partial charge in [0.05, 0.1) is 24.7 Å². The first-order valence-electron chi connectivity index (χ1n) is 18.7. The Balaban J connectivity index is 2.19. The van der Waals surface area contributed by atoms with Crippen LogP contribution >= 0.6 is 0 Å². The molecule has 56 heavy (non-hydrogen) atoms. The first kappa shape index (κ1) is 47.8. The van der Waals surface area contributed by atoms with Gasteiger partial charge in [0.25, 0.3) is 0 Å². The van der Waals surface area contributed by atoms with Gasteiger partial charge in [-0.25, -0.2) is 0 Å². The SMILES string of the molecule is COC[C@H]1O[C@H](O[C@@H]2[C@@H](OC)[C@H](O[C@H]3O[C@H](CN(C)C(C)=O)[C@@H](OC)[C@H](OC)[C@H]3OC)[C@@H](N(C)C(C)=O)C[C@H]2N(C)C(C)=O)[C@H](OC)[C@@H](N(C)C(C)=O)[C@@H]1OC. The number of rotatable bonds is 17. The fourth-order valence-corrected chi connectivity index (χ4v) is 8.11. The van der Waals surface area contributed by atoms with Crippen molar-refractivity contribution in [2.24, 2.45) is 0 Å². The van der Waals surface area contributed by atoms with Crippen LogP contribution in [0.3, 0.4) is 0 Å². The standard InChI is InChI=1S/C37H66N4O15/c1-19(42)38(5)17-25-31(48-11)34(51-14)35(52-15)37(53-25)56-29-24(40(7)21(3)44)16-23(39(6)20(2)43)28(33(29)50-13)55-36-32(49-12)27(41(8)22(4)45)30(47-10)26(54-36)18-46-9/h23-37H,16-18H2,1-15H3/t23-,24+,25-,26-,27+,28+,29-,30-,31-,32-,33-,34+,35-,36-,37-/m1/s1. The van der Waals surface area contributed by atoms with E-state index in [9.17, 15) is 19.2 Å². The number of amides is 4. The highest BCUT2D eigenvalue weighted by Crippen LogP contribution is 2.39. The summed E-state index contributed by atoms with van der Waals surface area (Å²) in [6.07, 6.45) is -10.2. The van der Waals surface area contributed by atoms with Gasteiger partial charge < -0.3 is 71.7 Å². The van der Waals surface area contributed by atoms with Crippen LogP contribution in [0.15, 0.2) is 0 Å². The maximum Gasteiger partial charge on any atom is 0.219 e. The van der Waals surface area contributed by atoms with Gasteiger partial charge in [0.1, 0.15) is 61.0 Å². The lowest BCUT2D eigenvalue weighted by Crippen LogP contribution is -2.71. The third-order valence-corrected chi connectivity index (χ3v) is 11.6. The number of methoxy groups -OCH3 is 7. The van der Waals surface area contributed by atoms with E-state index in [1.54, 1.807) is 28.2 Å². The molecule has 19 nitrogen and oxygen atoms in total. The van der Waals surface area contributed by atoms with Crippen molar-refractivity contribution in [3.05, 3.63) is 0 Å². The van der Waals surface area contributed by atoms with Gasteiger partial charge in [0.2, 0.25) is 23.6 Å². The number of ether oxygens (including phenoxy) is 11. The Morgan fingerprint density at radius 3 is 1.30 bits per heavy atom. The average molecular weight is 807 g/mol. The molecule has 0 spiro atoms. The number of hydrogen-bond acceptors (Lipinski definition) is 15. The summed E-state index contributed by atoms with van der Waals surface area (Å²) in [4.78, 5) is 57.4. The lowest BCUT2D eigenvalue weighted by molar-refractivity contribution is -0.349. The largest absolute Gasteiger partial charge is 0.382 e. The molecule has 0 aromatic carbocycles. The van der Waals surface area contributed by atoms with Crippen molar-refractivity contribution in [2.75, 3.05) is 91.1 Å². The Morgan fingerprint density at radius 2 is 0.911 bits per heavy atom. The quantitative estimate of drug-likeness (QED) is 0.181. The molecule has 0 aromatic rings. The van der Waals surface area contributed by atoms with E-state index < -0.39 is 91.7 Å². The van der Waals surface area contributed by atoms with Crippen LogP contribution < -0.4 is 0 Å². The minimum absolute atomic E-state index is 0.101. The van der Waals surface area contributed by atoms with Crippen molar-refractivity contribution in [2.45, 2.75) is 126 Å². The van der Waals surface area contributed by atoms with Crippen molar-refractivity contribution in [3.63, 3.8) is 0 Å². The lowest BCUT2D eigenvalue weighted by Gasteiger charge is -2.54. The maximum absolute atomic E-state index is 13.1. The Kier molecular flexibility index (Phi) is 18.3. The highest BCUT2D eigenvalue weighted by atomic mass is 16.7. The van der Waals surface area contributed by atoms with Crippen LogP contribution in [0.1, 0.15) is 34.1 Å². The molecule has 0 bridgehead atoms. The molecule has 3 aliphatic rings. The van der Waals surface area contributed by atoms with E-state index in [1.807, 2.05) is 0 Å². The summed E-state index contributed by atoms with van der Waals surface area (Å²) in [5.41, 5.74) is 0. The third kappa shape index (κ3) is 10.4. The molecule has 19 heteroatoms. The van der Waals surface area contributed by atoms with Crippen LogP contribution in [-0.2, 0) is 71.3 Å². The molecular formula is C37H66N4O15. The summed E-state index contributed by atoms with van der Waals surface area (Å²) in [5, 5.41) is 0. The number of carbonyl (C=O) groups excluding carboxylic acids is 4. The maximum atomic E-state index is 13.1. The predicted octanol–water partition coefficient (Wildman–Crippen LogP) is -0.634. The second-order valence-electron chi connectivity index (χ2n) is 14.6. The molecule has 3 fully saturated rings. The molecule has 0 N–H and O–H groups in total. The minimum atomic E-state index is -1.14. The molecule has 15 atom stereocenters. The first-order chi connectivity index (χ1) is 26.5. The van der Waals surface area contributed by atoms with Crippen LogP contribution in [-0.4, -0.2) is 226 Å².